The summed E-state index contributed by atoms with van der Waals surface area (Å²) in [6.07, 6.45) is -3.61. The fourth-order valence-electron chi connectivity index (χ4n) is 1.75. The third kappa shape index (κ3) is 2.92. The number of rotatable bonds is 3. The van der Waals surface area contributed by atoms with Crippen LogP contribution in [0.2, 0.25) is 0 Å². The van der Waals surface area contributed by atoms with Gasteiger partial charge in [0.25, 0.3) is 0 Å². The van der Waals surface area contributed by atoms with Gasteiger partial charge in [-0.15, -0.1) is 0 Å². The number of hydrogen-bond acceptors (Lipinski definition) is 3. The molecule has 0 spiro atoms. The van der Waals surface area contributed by atoms with Crippen LogP contribution in [0.3, 0.4) is 0 Å². The molecule has 0 aliphatic carbocycles. The summed E-state index contributed by atoms with van der Waals surface area (Å²) in [5, 5.41) is 0.202. The van der Waals surface area contributed by atoms with Crippen molar-refractivity contribution in [1.29, 1.82) is 0 Å². The monoisotopic (exact) mass is 304 g/mol. The van der Waals surface area contributed by atoms with Crippen LogP contribution < -0.4 is 4.90 Å². The van der Waals surface area contributed by atoms with E-state index in [0.717, 1.165) is 6.20 Å². The predicted octanol–water partition coefficient (Wildman–Crippen LogP) is 4.50. The van der Waals surface area contributed by atoms with Gasteiger partial charge in [-0.05, 0) is 13.0 Å². The molecule has 1 aromatic carbocycles. The van der Waals surface area contributed by atoms with Gasteiger partial charge in [0.2, 0.25) is 0 Å². The van der Waals surface area contributed by atoms with Crippen LogP contribution in [-0.4, -0.2) is 12.0 Å². The third-order valence-electron chi connectivity index (χ3n) is 3.01. The number of thiazole rings is 1. The Kier molecular flexibility index (Phi) is 3.99. The van der Waals surface area contributed by atoms with Gasteiger partial charge in [-0.3, -0.25) is 0 Å². The fraction of sp³-hybridized carbons (Fsp3) is 0.308. The second kappa shape index (κ2) is 5.40. The molecule has 0 amide bonds. The van der Waals surface area contributed by atoms with Crippen LogP contribution in [0.4, 0.5) is 22.7 Å². The van der Waals surface area contributed by atoms with E-state index in [2.05, 4.69) is 4.98 Å². The van der Waals surface area contributed by atoms with Crippen LogP contribution in [0.25, 0.3) is 0 Å². The summed E-state index contributed by atoms with van der Waals surface area (Å²) in [4.78, 5) is 4.52. The second-order valence-corrected chi connectivity index (χ2v) is 5.32. The molecule has 1 aromatic heterocycles. The van der Waals surface area contributed by atoms with Crippen molar-refractivity contribution in [2.24, 2.45) is 0 Å². The number of aromatic nitrogens is 1. The normalized spacial score (nSPS) is 13.3. The van der Waals surface area contributed by atoms with Gasteiger partial charge in [-0.2, -0.15) is 13.2 Å². The number of hydrogen-bond donors (Lipinski definition) is 0. The van der Waals surface area contributed by atoms with Gasteiger partial charge in [0, 0.05) is 12.6 Å². The lowest BCUT2D eigenvalue weighted by molar-refractivity contribution is -0.134. The van der Waals surface area contributed by atoms with Crippen molar-refractivity contribution in [3.63, 3.8) is 0 Å². The van der Waals surface area contributed by atoms with Crippen molar-refractivity contribution in [2.45, 2.75) is 19.1 Å². The fourth-order valence-corrected chi connectivity index (χ4v) is 2.57. The quantitative estimate of drug-likeness (QED) is 0.776. The summed E-state index contributed by atoms with van der Waals surface area (Å²) < 4.78 is 51.3. The third-order valence-corrected chi connectivity index (χ3v) is 4.14. The van der Waals surface area contributed by atoms with E-state index in [4.69, 9.17) is 0 Å². The molecule has 0 radical (unpaired) electrons. The van der Waals surface area contributed by atoms with E-state index in [1.54, 1.807) is 32.2 Å². The van der Waals surface area contributed by atoms with Gasteiger partial charge in [0.15, 0.2) is 5.13 Å². The van der Waals surface area contributed by atoms with Gasteiger partial charge in [0.1, 0.15) is 10.7 Å². The zero-order chi connectivity index (χ0) is 14.9. The first-order valence-corrected chi connectivity index (χ1v) is 6.62. The minimum Gasteiger partial charge on any atom is -0.344 e. The Morgan fingerprint density at radius 1 is 1.25 bits per heavy atom. The van der Waals surface area contributed by atoms with Gasteiger partial charge in [-0.25, -0.2) is 9.37 Å². The summed E-state index contributed by atoms with van der Waals surface area (Å²) in [6, 6.07) is 5.77. The SMILES string of the molecule is CC(c1ccccc1F)N(C)c1ncc(C(F)(F)F)s1. The average Bonchev–Trinajstić information content (AvgIpc) is 2.87. The predicted molar refractivity (Wildman–Crippen MR) is 70.3 cm³/mol. The van der Waals surface area contributed by atoms with E-state index in [-0.39, 0.29) is 10.9 Å². The summed E-state index contributed by atoms with van der Waals surface area (Å²) >= 11 is 0.544. The molecule has 2 rings (SSSR count). The van der Waals surface area contributed by atoms with Crippen LogP contribution in [0.15, 0.2) is 30.5 Å². The first-order valence-electron chi connectivity index (χ1n) is 5.81. The van der Waals surface area contributed by atoms with Gasteiger partial charge >= 0.3 is 6.18 Å². The van der Waals surface area contributed by atoms with Gasteiger partial charge in [-0.1, -0.05) is 29.5 Å². The van der Waals surface area contributed by atoms with Crippen molar-refractivity contribution in [2.75, 3.05) is 11.9 Å². The highest BCUT2D eigenvalue weighted by Crippen LogP contribution is 2.38. The number of nitrogens with zero attached hydrogens (tertiary/aromatic N) is 2. The molecule has 0 saturated heterocycles. The molecule has 108 valence electrons. The molecular formula is C13H12F4N2S. The van der Waals surface area contributed by atoms with Crippen molar-refractivity contribution < 1.29 is 17.6 Å². The summed E-state index contributed by atoms with van der Waals surface area (Å²) in [7, 11) is 1.59. The maximum Gasteiger partial charge on any atom is 0.427 e. The second-order valence-electron chi connectivity index (χ2n) is 4.31. The molecule has 0 aliphatic rings. The first kappa shape index (κ1) is 14.8. The minimum atomic E-state index is -4.40. The highest BCUT2D eigenvalue weighted by atomic mass is 32.1. The van der Waals surface area contributed by atoms with E-state index in [1.165, 1.54) is 11.0 Å². The van der Waals surface area contributed by atoms with E-state index in [9.17, 15) is 17.6 Å². The van der Waals surface area contributed by atoms with Crippen LogP contribution in [0.1, 0.15) is 23.4 Å². The Labute approximate surface area is 117 Å². The lowest BCUT2D eigenvalue weighted by Crippen LogP contribution is -2.22. The van der Waals surface area contributed by atoms with Crippen LogP contribution in [-0.2, 0) is 6.18 Å². The molecular weight excluding hydrogens is 292 g/mol. The molecule has 20 heavy (non-hydrogen) atoms. The molecule has 1 heterocycles. The molecule has 7 heteroatoms. The van der Waals surface area contributed by atoms with E-state index in [0.29, 0.717) is 16.9 Å². The van der Waals surface area contributed by atoms with Crippen molar-refractivity contribution in [3.8, 4) is 0 Å². The largest absolute Gasteiger partial charge is 0.427 e. The molecule has 0 saturated carbocycles. The highest BCUT2D eigenvalue weighted by molar-refractivity contribution is 7.15. The zero-order valence-electron chi connectivity index (χ0n) is 10.8. The lowest BCUT2D eigenvalue weighted by Gasteiger charge is -2.24. The Morgan fingerprint density at radius 2 is 1.90 bits per heavy atom. The van der Waals surface area contributed by atoms with E-state index < -0.39 is 17.1 Å². The Hall–Kier alpha value is -1.63. The summed E-state index contributed by atoms with van der Waals surface area (Å²) in [5.74, 6) is -0.389. The van der Waals surface area contributed by atoms with Crippen LogP contribution >= 0.6 is 11.3 Å². The maximum absolute atomic E-state index is 13.7. The maximum atomic E-state index is 13.7. The van der Waals surface area contributed by atoms with Gasteiger partial charge in [0.05, 0.1) is 12.2 Å². The smallest absolute Gasteiger partial charge is 0.344 e. The molecule has 1 atom stereocenters. The molecule has 0 N–H and O–H groups in total. The number of alkyl halides is 3. The zero-order valence-corrected chi connectivity index (χ0v) is 11.6. The standard InChI is InChI=1S/C13H12F4N2S/c1-8(9-5-3-4-6-10(9)14)19(2)12-18-7-11(20-12)13(15,16)17/h3-8H,1-2H3. The lowest BCUT2D eigenvalue weighted by atomic mass is 10.1. The topological polar surface area (TPSA) is 16.1 Å². The van der Waals surface area contributed by atoms with Crippen molar-refractivity contribution in [3.05, 3.63) is 46.7 Å². The summed E-state index contributed by atoms with van der Waals surface area (Å²) in [6.45, 7) is 1.72. The van der Waals surface area contributed by atoms with E-state index >= 15 is 0 Å². The Balaban J connectivity index is 2.25. The van der Waals surface area contributed by atoms with Crippen molar-refractivity contribution in [1.82, 2.24) is 4.98 Å². The molecule has 0 aliphatic heterocycles. The molecule has 2 nitrogen and oxygen atoms in total. The Morgan fingerprint density at radius 3 is 2.45 bits per heavy atom. The highest BCUT2D eigenvalue weighted by Gasteiger charge is 2.34. The molecule has 1 unspecified atom stereocenters. The first-order chi connectivity index (χ1) is 9.30. The summed E-state index contributed by atoms with van der Waals surface area (Å²) in [5.41, 5.74) is 0.416. The van der Waals surface area contributed by atoms with E-state index in [1.807, 2.05) is 0 Å². The number of halogens is 4. The molecule has 0 bridgehead atoms. The minimum absolute atomic E-state index is 0.202. The van der Waals surface area contributed by atoms with Crippen molar-refractivity contribution >= 4 is 16.5 Å². The Bertz CT molecular complexity index is 594. The van der Waals surface area contributed by atoms with Crippen LogP contribution in [0, 0.1) is 5.82 Å². The average molecular weight is 304 g/mol. The van der Waals surface area contributed by atoms with Gasteiger partial charge < -0.3 is 4.90 Å². The number of anilines is 1. The van der Waals surface area contributed by atoms with Crippen LogP contribution in [0.5, 0.6) is 0 Å². The molecule has 2 aromatic rings. The number of benzene rings is 1. The molecule has 0 fully saturated rings.